The Bertz CT molecular complexity index is 803. The summed E-state index contributed by atoms with van der Waals surface area (Å²) in [7, 11) is 0. The molecule has 2 N–H and O–H groups in total. The normalized spacial score (nSPS) is 14.7. The number of furan rings is 1. The molecule has 0 radical (unpaired) electrons. The average Bonchev–Trinajstić information content (AvgIpc) is 3.31. The van der Waals surface area contributed by atoms with Crippen LogP contribution in [0.1, 0.15) is 23.0 Å². The summed E-state index contributed by atoms with van der Waals surface area (Å²) in [5, 5.41) is 5.64. The van der Waals surface area contributed by atoms with Crippen molar-refractivity contribution in [2.45, 2.75) is 19.6 Å². The van der Waals surface area contributed by atoms with Crippen LogP contribution < -0.4 is 10.6 Å². The van der Waals surface area contributed by atoms with Gasteiger partial charge in [0.2, 0.25) is 0 Å². The fourth-order valence-corrected chi connectivity index (χ4v) is 2.59. The highest BCUT2D eigenvalue weighted by molar-refractivity contribution is 6.00. The first kappa shape index (κ1) is 17.5. The maximum Gasteiger partial charge on any atom is 0.341 e. The Kier molecular flexibility index (Phi) is 5.21. The van der Waals surface area contributed by atoms with E-state index in [0.29, 0.717) is 24.3 Å². The predicted octanol–water partition coefficient (Wildman–Crippen LogP) is 1.99. The summed E-state index contributed by atoms with van der Waals surface area (Å²) in [4.78, 5) is 37.3. The number of rotatable bonds is 6. The quantitative estimate of drug-likeness (QED) is 0.767. The number of urea groups is 1. The van der Waals surface area contributed by atoms with Gasteiger partial charge in [0.15, 0.2) is 6.10 Å². The Morgan fingerprint density at radius 2 is 2.12 bits per heavy atom. The number of imide groups is 1. The first-order valence-corrected chi connectivity index (χ1v) is 8.21. The third-order valence-corrected chi connectivity index (χ3v) is 3.93. The summed E-state index contributed by atoms with van der Waals surface area (Å²) in [6.45, 7) is 2.51. The lowest BCUT2D eigenvalue weighted by Gasteiger charge is -2.19. The smallest absolute Gasteiger partial charge is 0.341 e. The van der Waals surface area contributed by atoms with Crippen molar-refractivity contribution in [2.24, 2.45) is 0 Å². The molecule has 3 amide bonds. The van der Waals surface area contributed by atoms with Crippen LogP contribution in [0.4, 0.5) is 10.5 Å². The Morgan fingerprint density at radius 1 is 1.31 bits per heavy atom. The zero-order valence-corrected chi connectivity index (χ0v) is 14.2. The lowest BCUT2D eigenvalue weighted by atomic mass is 10.1. The zero-order valence-electron chi connectivity index (χ0n) is 14.2. The molecule has 8 nitrogen and oxygen atoms in total. The van der Waals surface area contributed by atoms with Crippen molar-refractivity contribution in [3.63, 3.8) is 0 Å². The number of nitrogens with zero attached hydrogens (tertiary/aromatic N) is 1. The molecule has 2 heterocycles. The van der Waals surface area contributed by atoms with Crippen LogP contribution in [0, 0.1) is 0 Å². The molecule has 1 aromatic heterocycles. The molecule has 8 heteroatoms. The lowest BCUT2D eigenvalue weighted by Crippen LogP contribution is -2.41. The van der Waals surface area contributed by atoms with Crippen LogP contribution in [-0.4, -0.2) is 42.0 Å². The van der Waals surface area contributed by atoms with E-state index in [1.165, 1.54) is 6.92 Å². The Labute approximate surface area is 150 Å². The molecule has 1 saturated heterocycles. The lowest BCUT2D eigenvalue weighted by molar-refractivity contribution is -0.136. The molecule has 2 aromatic rings. The maximum absolute atomic E-state index is 12.5. The number of anilines is 1. The number of benzene rings is 1. The molecular weight excluding hydrogens is 338 g/mol. The highest BCUT2D eigenvalue weighted by atomic mass is 16.5. The number of carbonyl (C=O) groups is 3. The number of carbonyl (C=O) groups excluding carboxylic acids is 3. The van der Waals surface area contributed by atoms with Gasteiger partial charge in [-0.15, -0.1) is 0 Å². The molecule has 3 rings (SSSR count). The summed E-state index contributed by atoms with van der Waals surface area (Å²) < 4.78 is 10.5. The predicted molar refractivity (Wildman–Crippen MR) is 92.5 cm³/mol. The van der Waals surface area contributed by atoms with E-state index in [0.717, 1.165) is 10.7 Å². The molecule has 0 saturated carbocycles. The number of amides is 3. The first-order chi connectivity index (χ1) is 12.6. The minimum atomic E-state index is -1.07. The van der Waals surface area contributed by atoms with Gasteiger partial charge >= 0.3 is 12.0 Å². The van der Waals surface area contributed by atoms with Gasteiger partial charge in [-0.05, 0) is 31.2 Å². The Morgan fingerprint density at radius 3 is 2.81 bits per heavy atom. The number of para-hydroxylation sites is 1. The molecule has 0 bridgehead atoms. The molecule has 136 valence electrons. The van der Waals surface area contributed by atoms with E-state index in [1.54, 1.807) is 36.6 Å². The van der Waals surface area contributed by atoms with Gasteiger partial charge in [-0.25, -0.2) is 9.59 Å². The van der Waals surface area contributed by atoms with Crippen molar-refractivity contribution in [1.29, 1.82) is 0 Å². The van der Waals surface area contributed by atoms with Gasteiger partial charge in [-0.2, -0.15) is 0 Å². The van der Waals surface area contributed by atoms with Crippen molar-refractivity contribution in [2.75, 3.05) is 18.4 Å². The van der Waals surface area contributed by atoms with Gasteiger partial charge in [-0.1, -0.05) is 12.1 Å². The number of esters is 1. The van der Waals surface area contributed by atoms with Crippen LogP contribution in [-0.2, 0) is 16.1 Å². The second-order valence-electron chi connectivity index (χ2n) is 5.75. The fraction of sp³-hybridized carbons (Fsp3) is 0.278. The molecule has 0 unspecified atom stereocenters. The molecule has 0 spiro atoms. The van der Waals surface area contributed by atoms with Crippen LogP contribution in [0.2, 0.25) is 0 Å². The Hall–Kier alpha value is -3.29. The van der Waals surface area contributed by atoms with Crippen LogP contribution in [0.15, 0.2) is 47.1 Å². The maximum atomic E-state index is 12.5. The summed E-state index contributed by atoms with van der Waals surface area (Å²) in [5.41, 5.74) is 0.858. The summed E-state index contributed by atoms with van der Waals surface area (Å²) in [6.07, 6.45) is 0.503. The van der Waals surface area contributed by atoms with E-state index in [1.807, 2.05) is 6.07 Å². The number of ether oxygens (including phenoxy) is 1. The molecule has 1 aliphatic heterocycles. The number of hydrogen-bond acceptors (Lipinski definition) is 6. The van der Waals surface area contributed by atoms with Crippen LogP contribution >= 0.6 is 0 Å². The SMILES string of the molecule is C[C@@H](OC(=O)c1ccccc1NCc1ccco1)C(=O)N1CCNC1=O. The molecule has 1 atom stereocenters. The van der Waals surface area contributed by atoms with Crippen molar-refractivity contribution >= 4 is 23.6 Å². The summed E-state index contributed by atoms with van der Waals surface area (Å²) in [6, 6.07) is 9.94. The highest BCUT2D eigenvalue weighted by Crippen LogP contribution is 2.18. The zero-order chi connectivity index (χ0) is 18.5. The van der Waals surface area contributed by atoms with E-state index < -0.39 is 24.0 Å². The van der Waals surface area contributed by atoms with Gasteiger partial charge in [0.1, 0.15) is 5.76 Å². The van der Waals surface area contributed by atoms with E-state index in [-0.39, 0.29) is 6.54 Å². The van der Waals surface area contributed by atoms with Crippen LogP contribution in [0.25, 0.3) is 0 Å². The minimum Gasteiger partial charge on any atom is -0.467 e. The van der Waals surface area contributed by atoms with E-state index in [9.17, 15) is 14.4 Å². The summed E-state index contributed by atoms with van der Waals surface area (Å²) in [5.74, 6) is -0.473. The Balaban J connectivity index is 1.65. The first-order valence-electron chi connectivity index (χ1n) is 8.21. The highest BCUT2D eigenvalue weighted by Gasteiger charge is 2.32. The fourth-order valence-electron chi connectivity index (χ4n) is 2.59. The van der Waals surface area contributed by atoms with Crippen molar-refractivity contribution in [3.8, 4) is 0 Å². The van der Waals surface area contributed by atoms with Gasteiger partial charge < -0.3 is 19.8 Å². The third-order valence-electron chi connectivity index (χ3n) is 3.93. The summed E-state index contributed by atoms with van der Waals surface area (Å²) >= 11 is 0. The third kappa shape index (κ3) is 3.85. The van der Waals surface area contributed by atoms with Crippen molar-refractivity contribution in [1.82, 2.24) is 10.2 Å². The topological polar surface area (TPSA) is 101 Å². The molecule has 0 aliphatic carbocycles. The van der Waals surface area contributed by atoms with E-state index >= 15 is 0 Å². The average molecular weight is 357 g/mol. The molecule has 26 heavy (non-hydrogen) atoms. The van der Waals surface area contributed by atoms with Gasteiger partial charge in [0, 0.05) is 18.8 Å². The second-order valence-corrected chi connectivity index (χ2v) is 5.75. The van der Waals surface area contributed by atoms with Gasteiger partial charge in [0.05, 0.1) is 18.4 Å². The molecule has 1 aromatic carbocycles. The minimum absolute atomic E-state index is 0.265. The van der Waals surface area contributed by atoms with Crippen molar-refractivity contribution < 1.29 is 23.5 Å². The molecular formula is C18H19N3O5. The van der Waals surface area contributed by atoms with Gasteiger partial charge in [0.25, 0.3) is 5.91 Å². The molecule has 1 fully saturated rings. The van der Waals surface area contributed by atoms with E-state index in [2.05, 4.69) is 10.6 Å². The van der Waals surface area contributed by atoms with Crippen LogP contribution in [0.3, 0.4) is 0 Å². The number of hydrogen-bond donors (Lipinski definition) is 2. The second kappa shape index (κ2) is 7.73. The van der Waals surface area contributed by atoms with Gasteiger partial charge in [-0.3, -0.25) is 9.69 Å². The standard InChI is InChI=1S/C18H19N3O5/c1-12(16(22)21-9-8-19-18(21)24)26-17(23)14-6-2-3-7-15(14)20-11-13-5-4-10-25-13/h2-7,10,12,20H,8-9,11H2,1H3,(H,19,24)/t12-/m1/s1. The monoisotopic (exact) mass is 357 g/mol. The van der Waals surface area contributed by atoms with Crippen molar-refractivity contribution in [3.05, 3.63) is 54.0 Å². The van der Waals surface area contributed by atoms with Crippen LogP contribution in [0.5, 0.6) is 0 Å². The number of nitrogens with one attached hydrogen (secondary N) is 2. The van der Waals surface area contributed by atoms with E-state index in [4.69, 9.17) is 9.15 Å². The largest absolute Gasteiger partial charge is 0.467 e. The molecule has 1 aliphatic rings.